The van der Waals surface area contributed by atoms with Crippen LogP contribution in [0.4, 0.5) is 0 Å². The molecular formula is C10H13N4O+. The average molecular weight is 205 g/mol. The van der Waals surface area contributed by atoms with Crippen molar-refractivity contribution in [1.29, 1.82) is 0 Å². The molecule has 1 aliphatic carbocycles. The van der Waals surface area contributed by atoms with E-state index in [1.807, 2.05) is 6.92 Å². The van der Waals surface area contributed by atoms with Crippen LogP contribution < -0.4 is 11.1 Å². The summed E-state index contributed by atoms with van der Waals surface area (Å²) in [6.07, 6.45) is 0. The van der Waals surface area contributed by atoms with Crippen LogP contribution in [0.15, 0.2) is 11.3 Å². The van der Waals surface area contributed by atoms with E-state index in [-0.39, 0.29) is 11.5 Å². The molecule has 1 heterocycles. The van der Waals surface area contributed by atoms with Crippen molar-refractivity contribution in [3.63, 3.8) is 0 Å². The van der Waals surface area contributed by atoms with Crippen LogP contribution in [0.2, 0.25) is 0 Å². The third kappa shape index (κ3) is 1.06. The number of nitrogens with two attached hydrogens (primary N) is 2. The molecule has 1 aromatic heterocycles. The van der Waals surface area contributed by atoms with Gasteiger partial charge in [0.2, 0.25) is 11.5 Å². The fourth-order valence-corrected chi connectivity index (χ4v) is 1.68. The van der Waals surface area contributed by atoms with Gasteiger partial charge in [0.1, 0.15) is 11.5 Å². The maximum atomic E-state index is 11.9. The molecule has 0 fully saturated rings. The van der Waals surface area contributed by atoms with Gasteiger partial charge in [0.05, 0.1) is 5.70 Å². The first-order chi connectivity index (χ1) is 6.95. The summed E-state index contributed by atoms with van der Waals surface area (Å²) in [6, 6.07) is 0. The largest absolute Gasteiger partial charge is 0.395 e. The van der Waals surface area contributed by atoms with Crippen LogP contribution in [0.3, 0.4) is 0 Å². The van der Waals surface area contributed by atoms with E-state index in [2.05, 4.69) is 4.98 Å². The lowest BCUT2D eigenvalue weighted by atomic mass is 9.95. The fourth-order valence-electron chi connectivity index (χ4n) is 1.68. The number of carbonyl (C=O) groups is 1. The van der Waals surface area contributed by atoms with Crippen molar-refractivity contribution in [2.45, 2.75) is 13.8 Å². The number of allylic oxidation sites excluding steroid dienone is 2. The fraction of sp³-hybridized carbons (Fsp3) is 0.300. The van der Waals surface area contributed by atoms with Crippen molar-refractivity contribution in [1.82, 2.24) is 9.55 Å². The minimum atomic E-state index is -0.195. The van der Waals surface area contributed by atoms with E-state index in [1.165, 1.54) is 0 Å². The number of hydrogen-bond donors (Lipinski definition) is 2. The molecule has 15 heavy (non-hydrogen) atoms. The normalized spacial score (nSPS) is 15.9. The minimum Gasteiger partial charge on any atom is -0.395 e. The lowest BCUT2D eigenvalue weighted by Crippen LogP contribution is -2.45. The molecule has 5 heteroatoms. The first-order valence-electron chi connectivity index (χ1n) is 4.62. The number of aryl methyl sites for hydroxylation is 1. The summed E-state index contributed by atoms with van der Waals surface area (Å²) in [5, 5.41) is 5.88. The van der Waals surface area contributed by atoms with E-state index < -0.39 is 0 Å². The maximum Gasteiger partial charge on any atom is 0.230 e. The van der Waals surface area contributed by atoms with Gasteiger partial charge in [-0.1, -0.05) is 0 Å². The van der Waals surface area contributed by atoms with Gasteiger partial charge in [-0.15, -0.1) is 0 Å². The number of ketones is 1. The van der Waals surface area contributed by atoms with Gasteiger partial charge in [-0.3, -0.25) is 10.2 Å². The lowest BCUT2D eigenvalue weighted by molar-refractivity contribution is -0.112. The smallest absolute Gasteiger partial charge is 0.230 e. The predicted molar refractivity (Wildman–Crippen MR) is 55.2 cm³/mol. The van der Waals surface area contributed by atoms with E-state index in [1.54, 1.807) is 18.5 Å². The SMILES string of the molecule is CC1=C(N)C(=O)c2c(nc(C)n2C)C1=[NH2+]. The first kappa shape index (κ1) is 9.64. The summed E-state index contributed by atoms with van der Waals surface area (Å²) in [6.45, 7) is 3.56. The first-order valence-corrected chi connectivity index (χ1v) is 4.62. The summed E-state index contributed by atoms with van der Waals surface area (Å²) in [5.74, 6) is 0.554. The standard InChI is InChI=1S/C10H12N4O/c1-4-6(11)8-9(10(15)7(4)12)14(3)5(2)13-8/h11H,12H2,1-3H3/p+1. The Bertz CT molecular complexity index is 522. The Morgan fingerprint density at radius 2 is 2.00 bits per heavy atom. The highest BCUT2D eigenvalue weighted by Crippen LogP contribution is 2.22. The summed E-state index contributed by atoms with van der Waals surface area (Å²) in [4.78, 5) is 16.2. The third-order valence-corrected chi connectivity index (χ3v) is 2.84. The van der Waals surface area contributed by atoms with Crippen molar-refractivity contribution >= 4 is 11.5 Å². The maximum absolute atomic E-state index is 11.9. The van der Waals surface area contributed by atoms with E-state index in [0.29, 0.717) is 22.7 Å². The lowest BCUT2D eigenvalue weighted by Gasteiger charge is -2.11. The second-order valence-electron chi connectivity index (χ2n) is 3.70. The summed E-state index contributed by atoms with van der Waals surface area (Å²) >= 11 is 0. The zero-order chi connectivity index (χ0) is 11.3. The highest BCUT2D eigenvalue weighted by atomic mass is 16.1. The van der Waals surface area contributed by atoms with Gasteiger partial charge < -0.3 is 10.3 Å². The van der Waals surface area contributed by atoms with Crippen LogP contribution in [0.5, 0.6) is 0 Å². The number of rotatable bonds is 0. The molecule has 1 aliphatic rings. The van der Waals surface area contributed by atoms with Gasteiger partial charge in [-0.25, -0.2) is 4.98 Å². The molecule has 5 nitrogen and oxygen atoms in total. The predicted octanol–water partition coefficient (Wildman–Crippen LogP) is -1.29. The van der Waals surface area contributed by atoms with Crippen molar-refractivity contribution in [2.75, 3.05) is 0 Å². The molecular weight excluding hydrogens is 192 g/mol. The molecule has 0 aromatic carbocycles. The number of carbonyl (C=O) groups excluding carboxylic acids is 1. The molecule has 0 unspecified atom stereocenters. The molecule has 2 rings (SSSR count). The van der Waals surface area contributed by atoms with Gasteiger partial charge in [-0.05, 0) is 13.8 Å². The van der Waals surface area contributed by atoms with Crippen molar-refractivity contribution in [2.24, 2.45) is 12.8 Å². The molecule has 0 saturated carbocycles. The van der Waals surface area contributed by atoms with E-state index in [0.717, 1.165) is 5.82 Å². The molecule has 1 aromatic rings. The number of Topliss-reactive ketones (excluding diaryl/α,β-unsaturated/α-hetero) is 1. The second kappa shape index (κ2) is 2.79. The van der Waals surface area contributed by atoms with Gasteiger partial charge >= 0.3 is 0 Å². The number of fused-ring (bicyclic) bond motifs is 1. The molecule has 0 atom stereocenters. The van der Waals surface area contributed by atoms with Gasteiger partial charge in [0.15, 0.2) is 5.69 Å². The Kier molecular flexibility index (Phi) is 1.79. The van der Waals surface area contributed by atoms with E-state index in [9.17, 15) is 4.79 Å². The molecule has 0 amide bonds. The molecule has 0 spiro atoms. The van der Waals surface area contributed by atoms with E-state index in [4.69, 9.17) is 11.1 Å². The Hall–Kier alpha value is -1.91. The van der Waals surface area contributed by atoms with Crippen LogP contribution in [-0.2, 0) is 7.05 Å². The molecule has 4 N–H and O–H groups in total. The third-order valence-electron chi connectivity index (χ3n) is 2.84. The van der Waals surface area contributed by atoms with Crippen molar-refractivity contribution in [3.8, 4) is 0 Å². The molecule has 0 bridgehead atoms. The highest BCUT2D eigenvalue weighted by molar-refractivity contribution is 6.24. The zero-order valence-corrected chi connectivity index (χ0v) is 8.96. The van der Waals surface area contributed by atoms with Crippen molar-refractivity contribution < 1.29 is 10.2 Å². The molecule has 0 aliphatic heterocycles. The Morgan fingerprint density at radius 3 is 2.60 bits per heavy atom. The van der Waals surface area contributed by atoms with E-state index >= 15 is 0 Å². The molecule has 0 radical (unpaired) electrons. The van der Waals surface area contributed by atoms with Crippen molar-refractivity contribution in [3.05, 3.63) is 28.5 Å². The van der Waals surface area contributed by atoms with Crippen LogP contribution in [0, 0.1) is 6.92 Å². The van der Waals surface area contributed by atoms with Crippen LogP contribution >= 0.6 is 0 Å². The van der Waals surface area contributed by atoms with Crippen LogP contribution in [-0.4, -0.2) is 21.0 Å². The number of aromatic nitrogens is 2. The zero-order valence-electron chi connectivity index (χ0n) is 8.96. The number of nitrogens with zero attached hydrogens (tertiary/aromatic N) is 2. The van der Waals surface area contributed by atoms with Gasteiger partial charge in [0.25, 0.3) is 0 Å². The Labute approximate surface area is 87.1 Å². The monoisotopic (exact) mass is 205 g/mol. The minimum absolute atomic E-state index is 0.195. The number of hydrogen-bond acceptors (Lipinski definition) is 3. The summed E-state index contributed by atoms with van der Waals surface area (Å²) in [7, 11) is 1.78. The van der Waals surface area contributed by atoms with Crippen LogP contribution in [0.1, 0.15) is 28.9 Å². The Balaban J connectivity index is 2.78. The summed E-state index contributed by atoms with van der Waals surface area (Å²) in [5.41, 5.74) is 8.04. The second-order valence-corrected chi connectivity index (χ2v) is 3.70. The quantitative estimate of drug-likeness (QED) is 0.552. The number of imidazole rings is 1. The summed E-state index contributed by atoms with van der Waals surface area (Å²) < 4.78 is 1.71. The van der Waals surface area contributed by atoms with Crippen LogP contribution in [0.25, 0.3) is 0 Å². The van der Waals surface area contributed by atoms with Gasteiger partial charge in [-0.2, -0.15) is 0 Å². The average Bonchev–Trinajstić information content (AvgIpc) is 2.50. The Morgan fingerprint density at radius 1 is 1.40 bits per heavy atom. The molecule has 0 saturated heterocycles. The molecule has 78 valence electrons. The van der Waals surface area contributed by atoms with Gasteiger partial charge in [0, 0.05) is 12.6 Å². The highest BCUT2D eigenvalue weighted by Gasteiger charge is 2.34. The topological polar surface area (TPSA) is 86.5 Å².